The van der Waals surface area contributed by atoms with Gasteiger partial charge >= 0.3 is 6.03 Å². The zero-order chi connectivity index (χ0) is 18.0. The number of carbonyl (C=O) groups excluding carboxylic acids is 1. The van der Waals surface area contributed by atoms with Gasteiger partial charge < -0.3 is 20.1 Å². The summed E-state index contributed by atoms with van der Waals surface area (Å²) < 4.78 is 11.5. The van der Waals surface area contributed by atoms with E-state index in [4.69, 9.17) is 9.47 Å². The van der Waals surface area contributed by atoms with E-state index in [1.807, 2.05) is 26.0 Å². The van der Waals surface area contributed by atoms with Crippen LogP contribution in [-0.4, -0.2) is 48.8 Å². The lowest BCUT2D eigenvalue weighted by atomic mass is 10.1. The number of rotatable bonds is 5. The van der Waals surface area contributed by atoms with Crippen LogP contribution < -0.4 is 20.1 Å². The molecule has 2 N–H and O–H groups in total. The maximum absolute atomic E-state index is 12.4. The summed E-state index contributed by atoms with van der Waals surface area (Å²) >= 11 is 0. The van der Waals surface area contributed by atoms with Crippen LogP contribution in [0.5, 0.6) is 11.5 Å². The van der Waals surface area contributed by atoms with Crippen molar-refractivity contribution in [1.29, 1.82) is 0 Å². The molecule has 2 unspecified atom stereocenters. The maximum atomic E-state index is 12.4. The van der Waals surface area contributed by atoms with E-state index in [1.54, 1.807) is 0 Å². The molecule has 0 aromatic heterocycles. The Morgan fingerprint density at radius 3 is 2.92 bits per heavy atom. The Labute approximate surface area is 149 Å². The van der Waals surface area contributed by atoms with Crippen LogP contribution in [0.4, 0.5) is 10.5 Å². The molecule has 6 nitrogen and oxygen atoms in total. The van der Waals surface area contributed by atoms with E-state index < -0.39 is 0 Å². The van der Waals surface area contributed by atoms with Crippen molar-refractivity contribution in [2.45, 2.75) is 58.7 Å². The number of hydrogen-bond donors (Lipinski definition) is 2. The molecule has 0 radical (unpaired) electrons. The fraction of sp³-hybridized carbons (Fsp3) is 0.632. The van der Waals surface area contributed by atoms with Crippen molar-refractivity contribution in [3.05, 3.63) is 17.7 Å². The van der Waals surface area contributed by atoms with E-state index in [2.05, 4.69) is 29.4 Å². The third kappa shape index (κ3) is 4.18. The van der Waals surface area contributed by atoms with Gasteiger partial charge in [-0.25, -0.2) is 4.79 Å². The van der Waals surface area contributed by atoms with Gasteiger partial charge in [-0.1, -0.05) is 0 Å². The number of hydrogen-bond acceptors (Lipinski definition) is 4. The first-order valence-corrected chi connectivity index (χ1v) is 9.24. The van der Waals surface area contributed by atoms with Crippen LogP contribution in [0.2, 0.25) is 0 Å². The highest BCUT2D eigenvalue weighted by atomic mass is 16.5. The van der Waals surface area contributed by atoms with Gasteiger partial charge in [-0.2, -0.15) is 0 Å². The fourth-order valence-corrected chi connectivity index (χ4v) is 3.53. The summed E-state index contributed by atoms with van der Waals surface area (Å²) in [6, 6.07) is 4.36. The topological polar surface area (TPSA) is 62.8 Å². The van der Waals surface area contributed by atoms with Crippen LogP contribution in [-0.2, 0) is 6.42 Å². The molecular formula is C19H29N3O3. The van der Waals surface area contributed by atoms with Gasteiger partial charge in [-0.15, -0.1) is 0 Å². The molecule has 25 heavy (non-hydrogen) atoms. The molecule has 0 saturated carbocycles. The number of ether oxygens (including phenoxy) is 2. The maximum Gasteiger partial charge on any atom is 0.319 e. The lowest BCUT2D eigenvalue weighted by Gasteiger charge is -2.20. The Balaban J connectivity index is 1.65. The molecule has 2 heterocycles. The van der Waals surface area contributed by atoms with E-state index in [-0.39, 0.29) is 18.2 Å². The largest absolute Gasteiger partial charge is 0.492 e. The number of anilines is 1. The molecule has 2 atom stereocenters. The molecular weight excluding hydrogens is 318 g/mol. The lowest BCUT2D eigenvalue weighted by molar-refractivity contribution is 0.243. The molecule has 3 rings (SSSR count). The molecule has 2 aliphatic heterocycles. The Kier molecular flexibility index (Phi) is 5.37. The highest BCUT2D eigenvalue weighted by Gasteiger charge is 2.26. The molecule has 0 aliphatic carbocycles. The first kappa shape index (κ1) is 17.9. The molecule has 1 aromatic carbocycles. The molecule has 2 amide bonds. The van der Waals surface area contributed by atoms with Crippen molar-refractivity contribution in [1.82, 2.24) is 10.2 Å². The number of carbonyl (C=O) groups is 1. The van der Waals surface area contributed by atoms with Crippen molar-refractivity contribution in [2.75, 3.05) is 25.0 Å². The zero-order valence-corrected chi connectivity index (χ0v) is 15.6. The summed E-state index contributed by atoms with van der Waals surface area (Å²) in [5.74, 6) is 1.53. The number of fused-ring (bicyclic) bond motifs is 1. The van der Waals surface area contributed by atoms with Crippen molar-refractivity contribution in [2.24, 2.45) is 0 Å². The van der Waals surface area contributed by atoms with Gasteiger partial charge in [0, 0.05) is 43.2 Å². The van der Waals surface area contributed by atoms with Crippen LogP contribution in [0.15, 0.2) is 12.1 Å². The van der Waals surface area contributed by atoms with E-state index in [0.29, 0.717) is 24.1 Å². The molecule has 2 aliphatic rings. The van der Waals surface area contributed by atoms with E-state index in [9.17, 15) is 4.79 Å². The highest BCUT2D eigenvalue weighted by molar-refractivity contribution is 5.91. The molecule has 138 valence electrons. The average Bonchev–Trinajstić information content (AvgIpc) is 3.13. The zero-order valence-electron chi connectivity index (χ0n) is 15.6. The highest BCUT2D eigenvalue weighted by Crippen LogP contribution is 2.38. The van der Waals surface area contributed by atoms with Gasteiger partial charge in [0.25, 0.3) is 0 Å². The summed E-state index contributed by atoms with van der Waals surface area (Å²) in [7, 11) is 0. The van der Waals surface area contributed by atoms with Crippen molar-refractivity contribution < 1.29 is 14.3 Å². The van der Waals surface area contributed by atoms with Crippen LogP contribution in [0.25, 0.3) is 0 Å². The first-order chi connectivity index (χ1) is 12.0. The minimum absolute atomic E-state index is 0.161. The monoisotopic (exact) mass is 347 g/mol. The second kappa shape index (κ2) is 7.52. The Morgan fingerprint density at radius 2 is 2.24 bits per heavy atom. The minimum atomic E-state index is -0.192. The number of amides is 2. The van der Waals surface area contributed by atoms with Crippen LogP contribution >= 0.6 is 0 Å². The first-order valence-electron chi connectivity index (χ1n) is 9.24. The number of benzene rings is 1. The third-order valence-corrected chi connectivity index (χ3v) is 4.83. The second-order valence-electron chi connectivity index (χ2n) is 7.19. The second-order valence-corrected chi connectivity index (χ2v) is 7.19. The molecule has 1 aromatic rings. The Hall–Kier alpha value is -1.95. The van der Waals surface area contributed by atoms with Gasteiger partial charge in [0.05, 0.1) is 12.3 Å². The van der Waals surface area contributed by atoms with Crippen molar-refractivity contribution in [3.8, 4) is 11.5 Å². The number of likely N-dealkylation sites (tertiary alicyclic amines) is 1. The molecule has 0 bridgehead atoms. The van der Waals surface area contributed by atoms with Crippen molar-refractivity contribution in [3.63, 3.8) is 0 Å². The van der Waals surface area contributed by atoms with Gasteiger partial charge in [-0.05, 0) is 40.2 Å². The smallest absolute Gasteiger partial charge is 0.319 e. The summed E-state index contributed by atoms with van der Waals surface area (Å²) in [4.78, 5) is 14.8. The van der Waals surface area contributed by atoms with Crippen LogP contribution in [0.3, 0.4) is 0 Å². The fourth-order valence-electron chi connectivity index (χ4n) is 3.53. The van der Waals surface area contributed by atoms with E-state index in [0.717, 1.165) is 37.2 Å². The Bertz CT molecular complexity index is 633. The van der Waals surface area contributed by atoms with Crippen LogP contribution in [0.1, 0.15) is 39.7 Å². The minimum Gasteiger partial charge on any atom is -0.492 e. The molecule has 6 heteroatoms. The van der Waals surface area contributed by atoms with E-state index >= 15 is 0 Å². The number of nitrogens with one attached hydrogen (secondary N) is 2. The summed E-state index contributed by atoms with van der Waals surface area (Å²) in [5, 5.41) is 6.01. The van der Waals surface area contributed by atoms with Crippen molar-refractivity contribution >= 4 is 11.7 Å². The predicted molar refractivity (Wildman–Crippen MR) is 98.7 cm³/mol. The normalized spacial score (nSPS) is 22.6. The molecule has 1 saturated heterocycles. The molecule has 0 spiro atoms. The van der Waals surface area contributed by atoms with Gasteiger partial charge in [-0.3, -0.25) is 4.90 Å². The average molecular weight is 347 g/mol. The van der Waals surface area contributed by atoms with Gasteiger partial charge in [0.1, 0.15) is 17.6 Å². The predicted octanol–water partition coefficient (Wildman–Crippen LogP) is 3.01. The summed E-state index contributed by atoms with van der Waals surface area (Å²) in [6.45, 7) is 10.8. The number of urea groups is 1. The van der Waals surface area contributed by atoms with E-state index in [1.165, 1.54) is 0 Å². The van der Waals surface area contributed by atoms with Gasteiger partial charge in [0.2, 0.25) is 0 Å². The lowest BCUT2D eigenvalue weighted by Crippen LogP contribution is -2.40. The SMILES string of the molecule is CCOc1cc2c(cc1NC(=O)NC1CCN(C(C)C)C1)OC(C)C2. The standard InChI is InChI=1S/C19H29N3O3/c1-5-24-18-9-14-8-13(4)25-17(14)10-16(18)21-19(23)20-15-6-7-22(11-15)12(2)3/h9-10,12-13,15H,5-8,11H2,1-4H3,(H2,20,21,23). The quantitative estimate of drug-likeness (QED) is 0.859. The third-order valence-electron chi connectivity index (χ3n) is 4.83. The summed E-state index contributed by atoms with van der Waals surface area (Å²) in [6.07, 6.45) is 2.01. The van der Waals surface area contributed by atoms with Crippen LogP contribution in [0, 0.1) is 0 Å². The van der Waals surface area contributed by atoms with Gasteiger partial charge in [0.15, 0.2) is 0 Å². The number of nitrogens with zero attached hydrogens (tertiary/aromatic N) is 1. The Morgan fingerprint density at radius 1 is 1.44 bits per heavy atom. The molecule has 1 fully saturated rings. The summed E-state index contributed by atoms with van der Waals surface area (Å²) in [5.41, 5.74) is 1.79.